The minimum Gasteiger partial charge on any atom is -0.484 e. The molecule has 1 aromatic rings. The first-order valence-corrected chi connectivity index (χ1v) is 6.42. The highest BCUT2D eigenvalue weighted by molar-refractivity contribution is 5.94. The van der Waals surface area contributed by atoms with Gasteiger partial charge in [-0.1, -0.05) is 6.92 Å². The van der Waals surface area contributed by atoms with Gasteiger partial charge in [0.05, 0.1) is 5.92 Å². The number of hydrogen-bond donors (Lipinski definition) is 3. The molecule has 7 heteroatoms. The molecule has 0 fully saturated rings. The maximum atomic E-state index is 11.8. The molecule has 0 aliphatic heterocycles. The van der Waals surface area contributed by atoms with E-state index in [-0.39, 0.29) is 19.1 Å². The van der Waals surface area contributed by atoms with Crippen LogP contribution in [-0.4, -0.2) is 36.0 Å². The second kappa shape index (κ2) is 7.88. The largest absolute Gasteiger partial charge is 0.484 e. The van der Waals surface area contributed by atoms with Gasteiger partial charge in [-0.25, -0.2) is 0 Å². The van der Waals surface area contributed by atoms with Crippen molar-refractivity contribution in [2.24, 2.45) is 11.7 Å². The molecule has 0 bridgehead atoms. The molecular formula is C14H18N2O5. The summed E-state index contributed by atoms with van der Waals surface area (Å²) in [5.41, 5.74) is 5.37. The lowest BCUT2D eigenvalue weighted by molar-refractivity contribution is -0.141. The van der Waals surface area contributed by atoms with Crippen molar-refractivity contribution in [1.29, 1.82) is 0 Å². The highest BCUT2D eigenvalue weighted by atomic mass is 16.5. The lowest BCUT2D eigenvalue weighted by Crippen LogP contribution is -2.27. The zero-order chi connectivity index (χ0) is 15.8. The maximum absolute atomic E-state index is 11.8. The van der Waals surface area contributed by atoms with Gasteiger partial charge in [0.25, 0.3) is 11.8 Å². The number of aliphatic carboxylic acids is 1. The third-order valence-electron chi connectivity index (χ3n) is 2.78. The van der Waals surface area contributed by atoms with Gasteiger partial charge >= 0.3 is 5.97 Å². The van der Waals surface area contributed by atoms with E-state index >= 15 is 0 Å². The highest BCUT2D eigenvalue weighted by Crippen LogP contribution is 2.12. The Morgan fingerprint density at radius 1 is 1.29 bits per heavy atom. The van der Waals surface area contributed by atoms with Crippen molar-refractivity contribution in [1.82, 2.24) is 5.32 Å². The summed E-state index contributed by atoms with van der Waals surface area (Å²) in [5.74, 6) is -1.83. The van der Waals surface area contributed by atoms with E-state index < -0.39 is 17.8 Å². The molecule has 1 rings (SSSR count). The number of ether oxygens (including phenoxy) is 1. The van der Waals surface area contributed by atoms with Gasteiger partial charge in [-0.3, -0.25) is 14.4 Å². The van der Waals surface area contributed by atoms with Crippen LogP contribution in [0.1, 0.15) is 23.7 Å². The number of carboxylic acid groups (broad SMARTS) is 1. The van der Waals surface area contributed by atoms with Crippen molar-refractivity contribution in [2.45, 2.75) is 13.3 Å². The summed E-state index contributed by atoms with van der Waals surface area (Å²) in [7, 11) is 0. The summed E-state index contributed by atoms with van der Waals surface area (Å²) in [5, 5.41) is 11.4. The predicted molar refractivity (Wildman–Crippen MR) is 74.9 cm³/mol. The summed E-state index contributed by atoms with van der Waals surface area (Å²) in [6.07, 6.45) is 0.362. The number of carbonyl (C=O) groups is 3. The zero-order valence-corrected chi connectivity index (χ0v) is 11.7. The van der Waals surface area contributed by atoms with Gasteiger partial charge in [0.1, 0.15) is 5.75 Å². The van der Waals surface area contributed by atoms with Crippen LogP contribution in [0.5, 0.6) is 5.75 Å². The second-order valence-corrected chi connectivity index (χ2v) is 4.56. The fraction of sp³-hybridized carbons (Fsp3) is 0.357. The number of carbonyl (C=O) groups excluding carboxylic acids is 2. The molecule has 1 unspecified atom stereocenters. The molecule has 0 radical (unpaired) electrons. The van der Waals surface area contributed by atoms with Crippen LogP contribution in [0.25, 0.3) is 0 Å². The maximum Gasteiger partial charge on any atom is 0.306 e. The summed E-state index contributed by atoms with van der Waals surface area (Å²) < 4.78 is 5.07. The molecule has 0 saturated heterocycles. The van der Waals surface area contributed by atoms with Crippen LogP contribution in [0.4, 0.5) is 0 Å². The van der Waals surface area contributed by atoms with Crippen molar-refractivity contribution in [3.8, 4) is 5.75 Å². The fourth-order valence-corrected chi connectivity index (χ4v) is 1.48. The first-order chi connectivity index (χ1) is 9.90. The first kappa shape index (κ1) is 16.5. The molecule has 1 aromatic carbocycles. The summed E-state index contributed by atoms with van der Waals surface area (Å²) in [6.45, 7) is 1.64. The molecule has 0 saturated carbocycles. The minimum absolute atomic E-state index is 0.224. The second-order valence-electron chi connectivity index (χ2n) is 4.56. The van der Waals surface area contributed by atoms with E-state index in [1.165, 1.54) is 0 Å². The molecule has 1 atom stereocenters. The minimum atomic E-state index is -0.889. The average Bonchev–Trinajstić information content (AvgIpc) is 2.45. The fourth-order valence-electron chi connectivity index (χ4n) is 1.48. The standard InChI is InChI=1S/C14H18N2O5/c1-9(14(19)20)6-7-16-13(18)10-2-4-11(5-3-10)21-8-12(15)17/h2-5,9H,6-8H2,1H3,(H2,15,17)(H,16,18)(H,19,20). The van der Waals surface area contributed by atoms with Crippen LogP contribution < -0.4 is 15.8 Å². The first-order valence-electron chi connectivity index (χ1n) is 6.42. The number of benzene rings is 1. The van der Waals surface area contributed by atoms with Crippen LogP contribution in [0.3, 0.4) is 0 Å². The SMILES string of the molecule is CC(CCNC(=O)c1ccc(OCC(N)=O)cc1)C(=O)O. The van der Waals surface area contributed by atoms with Crippen LogP contribution >= 0.6 is 0 Å². The van der Waals surface area contributed by atoms with Crippen molar-refractivity contribution in [2.75, 3.05) is 13.2 Å². The normalized spacial score (nSPS) is 11.5. The van der Waals surface area contributed by atoms with Gasteiger partial charge in [0.15, 0.2) is 6.61 Å². The lowest BCUT2D eigenvalue weighted by atomic mass is 10.1. The molecule has 0 heterocycles. The van der Waals surface area contributed by atoms with Crippen molar-refractivity contribution < 1.29 is 24.2 Å². The van der Waals surface area contributed by atoms with Crippen LogP contribution in [0.15, 0.2) is 24.3 Å². The number of amides is 2. The Morgan fingerprint density at radius 2 is 1.90 bits per heavy atom. The molecule has 7 nitrogen and oxygen atoms in total. The van der Waals surface area contributed by atoms with Crippen LogP contribution in [-0.2, 0) is 9.59 Å². The molecule has 0 aliphatic carbocycles. The Labute approximate surface area is 122 Å². The van der Waals surface area contributed by atoms with E-state index in [0.717, 1.165) is 0 Å². The summed E-state index contributed by atoms with van der Waals surface area (Å²) in [4.78, 5) is 33.0. The number of nitrogens with one attached hydrogen (secondary N) is 1. The Bertz CT molecular complexity index is 513. The van der Waals surface area contributed by atoms with E-state index in [0.29, 0.717) is 17.7 Å². The van der Waals surface area contributed by atoms with E-state index in [1.54, 1.807) is 31.2 Å². The summed E-state index contributed by atoms with van der Waals surface area (Å²) in [6, 6.07) is 6.20. The number of hydrogen-bond acceptors (Lipinski definition) is 4. The molecule has 2 amide bonds. The highest BCUT2D eigenvalue weighted by Gasteiger charge is 2.11. The van der Waals surface area contributed by atoms with E-state index in [1.807, 2.05) is 0 Å². The molecular weight excluding hydrogens is 276 g/mol. The Hall–Kier alpha value is -2.57. The summed E-state index contributed by atoms with van der Waals surface area (Å²) >= 11 is 0. The third kappa shape index (κ3) is 5.94. The smallest absolute Gasteiger partial charge is 0.306 e. The van der Waals surface area contributed by atoms with Crippen molar-refractivity contribution >= 4 is 17.8 Å². The lowest BCUT2D eigenvalue weighted by Gasteiger charge is -2.08. The number of rotatable bonds is 8. The van der Waals surface area contributed by atoms with Gasteiger partial charge in [-0.15, -0.1) is 0 Å². The molecule has 0 spiro atoms. The van der Waals surface area contributed by atoms with Gasteiger partial charge in [-0.05, 0) is 30.7 Å². The Morgan fingerprint density at radius 3 is 2.43 bits per heavy atom. The van der Waals surface area contributed by atoms with E-state index in [4.69, 9.17) is 15.6 Å². The molecule has 0 aromatic heterocycles. The third-order valence-corrected chi connectivity index (χ3v) is 2.78. The molecule has 0 aliphatic rings. The van der Waals surface area contributed by atoms with Gasteiger partial charge in [0.2, 0.25) is 0 Å². The monoisotopic (exact) mass is 294 g/mol. The van der Waals surface area contributed by atoms with Gasteiger partial charge in [-0.2, -0.15) is 0 Å². The number of nitrogens with two attached hydrogens (primary N) is 1. The zero-order valence-electron chi connectivity index (χ0n) is 11.7. The average molecular weight is 294 g/mol. The molecule has 21 heavy (non-hydrogen) atoms. The topological polar surface area (TPSA) is 119 Å². The van der Waals surface area contributed by atoms with Gasteiger partial charge < -0.3 is 20.9 Å². The van der Waals surface area contributed by atoms with Crippen LogP contribution in [0.2, 0.25) is 0 Å². The van der Waals surface area contributed by atoms with E-state index in [2.05, 4.69) is 5.32 Å². The molecule has 114 valence electrons. The van der Waals surface area contributed by atoms with Gasteiger partial charge in [0, 0.05) is 12.1 Å². The Kier molecular flexibility index (Phi) is 6.19. The van der Waals surface area contributed by atoms with Crippen molar-refractivity contribution in [3.63, 3.8) is 0 Å². The quantitative estimate of drug-likeness (QED) is 0.641. The van der Waals surface area contributed by atoms with E-state index in [9.17, 15) is 14.4 Å². The Balaban J connectivity index is 2.44. The number of primary amides is 1. The van der Waals surface area contributed by atoms with Crippen molar-refractivity contribution in [3.05, 3.63) is 29.8 Å². The number of carboxylic acids is 1. The van der Waals surface area contributed by atoms with Crippen LogP contribution in [0, 0.1) is 5.92 Å². The molecule has 4 N–H and O–H groups in total. The predicted octanol–water partition coefficient (Wildman–Crippen LogP) is 0.391.